The molecule has 0 saturated carbocycles. The molecule has 0 aliphatic carbocycles. The van der Waals surface area contributed by atoms with Gasteiger partial charge in [-0.05, 0) is 68.8 Å². The second kappa shape index (κ2) is 8.24. The second-order valence-corrected chi connectivity index (χ2v) is 8.58. The fourth-order valence-corrected chi connectivity index (χ4v) is 4.52. The molecule has 1 fully saturated rings. The number of nitrogens with zero attached hydrogens (tertiary/aromatic N) is 2. The average Bonchev–Trinajstić information content (AvgIpc) is 3.03. The van der Waals surface area contributed by atoms with Gasteiger partial charge in [-0.3, -0.25) is 19.2 Å². The third-order valence-corrected chi connectivity index (χ3v) is 6.42. The zero-order valence-corrected chi connectivity index (χ0v) is 17.6. The minimum atomic E-state index is -3.80. The van der Waals surface area contributed by atoms with Gasteiger partial charge in [-0.15, -0.1) is 0 Å². The van der Waals surface area contributed by atoms with Gasteiger partial charge in [0.25, 0.3) is 10.0 Å². The summed E-state index contributed by atoms with van der Waals surface area (Å²) in [5.74, 6) is -0.541. The molecule has 1 aliphatic rings. The van der Waals surface area contributed by atoms with Crippen molar-refractivity contribution in [2.45, 2.75) is 38.5 Å². The van der Waals surface area contributed by atoms with Gasteiger partial charge in [-0.1, -0.05) is 0 Å². The fourth-order valence-electron chi connectivity index (χ4n) is 3.39. The number of hydrogen-bond donors (Lipinski definition) is 1. The maximum atomic E-state index is 12.8. The number of carbonyl (C=O) groups is 2. The number of sulfonamides is 1. The molecule has 2 aromatic carbocycles. The number of carbonyl (C=O) groups excluding carboxylic acids is 2. The molecule has 0 aromatic heterocycles. The van der Waals surface area contributed by atoms with E-state index in [0.29, 0.717) is 11.4 Å². The van der Waals surface area contributed by atoms with Crippen LogP contribution in [0.1, 0.15) is 32.3 Å². The Hall–Kier alpha value is -2.87. The molecule has 1 aliphatic heterocycles. The number of anilines is 3. The van der Waals surface area contributed by atoms with E-state index in [1.807, 2.05) is 19.1 Å². The molecule has 7 nitrogen and oxygen atoms in total. The number of benzene rings is 2. The van der Waals surface area contributed by atoms with Gasteiger partial charge in [0.1, 0.15) is 0 Å². The normalized spacial score (nSPS) is 14.4. The third-order valence-electron chi connectivity index (χ3n) is 5.04. The zero-order valence-electron chi connectivity index (χ0n) is 16.8. The Labute approximate surface area is 171 Å². The highest BCUT2D eigenvalue weighted by Crippen LogP contribution is 2.27. The standard InChI is InChI=1S/C21H25N3O4S/c1-4-23(5-2)17-8-11-19(15(3)14-17)22-29(27,28)18-9-6-16(7-10-18)24-20(25)12-13-21(24)26/h6-11,14,22H,4-5,12-13H2,1-3H3. The first-order valence-corrected chi connectivity index (χ1v) is 11.1. The van der Waals surface area contributed by atoms with Crippen molar-refractivity contribution >= 4 is 38.9 Å². The lowest BCUT2D eigenvalue weighted by atomic mass is 10.1. The van der Waals surface area contributed by atoms with Crippen LogP contribution in [0.5, 0.6) is 0 Å². The van der Waals surface area contributed by atoms with Crippen molar-refractivity contribution in [3.63, 3.8) is 0 Å². The van der Waals surface area contributed by atoms with Crippen LogP contribution in [0.4, 0.5) is 17.1 Å². The van der Waals surface area contributed by atoms with E-state index in [1.165, 1.54) is 24.3 Å². The quantitative estimate of drug-likeness (QED) is 0.701. The maximum absolute atomic E-state index is 12.8. The number of aryl methyl sites for hydroxylation is 1. The number of nitrogens with one attached hydrogen (secondary N) is 1. The van der Waals surface area contributed by atoms with Gasteiger partial charge in [0.05, 0.1) is 16.3 Å². The molecule has 1 saturated heterocycles. The number of hydrogen-bond acceptors (Lipinski definition) is 5. The van der Waals surface area contributed by atoms with Gasteiger partial charge >= 0.3 is 0 Å². The Balaban J connectivity index is 1.81. The van der Waals surface area contributed by atoms with E-state index in [0.717, 1.165) is 29.2 Å². The van der Waals surface area contributed by atoms with Gasteiger partial charge in [0, 0.05) is 31.6 Å². The third kappa shape index (κ3) is 4.27. The van der Waals surface area contributed by atoms with Crippen molar-refractivity contribution in [2.75, 3.05) is 27.6 Å². The lowest BCUT2D eigenvalue weighted by Gasteiger charge is -2.22. The summed E-state index contributed by atoms with van der Waals surface area (Å²) in [6.07, 6.45) is 0.367. The van der Waals surface area contributed by atoms with Crippen molar-refractivity contribution in [3.05, 3.63) is 48.0 Å². The summed E-state index contributed by atoms with van der Waals surface area (Å²) < 4.78 is 28.2. The molecule has 1 N–H and O–H groups in total. The molecule has 0 radical (unpaired) electrons. The van der Waals surface area contributed by atoms with E-state index in [-0.39, 0.29) is 29.6 Å². The SMILES string of the molecule is CCN(CC)c1ccc(NS(=O)(=O)c2ccc(N3C(=O)CCC3=O)cc2)c(C)c1. The summed E-state index contributed by atoms with van der Waals surface area (Å²) in [6.45, 7) is 7.74. The largest absolute Gasteiger partial charge is 0.372 e. The van der Waals surface area contributed by atoms with Gasteiger partial charge in [-0.2, -0.15) is 0 Å². The van der Waals surface area contributed by atoms with E-state index >= 15 is 0 Å². The molecular formula is C21H25N3O4S. The minimum absolute atomic E-state index is 0.0626. The zero-order chi connectivity index (χ0) is 21.2. The summed E-state index contributed by atoms with van der Waals surface area (Å²) in [5, 5.41) is 0. The van der Waals surface area contributed by atoms with Crippen molar-refractivity contribution in [1.29, 1.82) is 0 Å². The smallest absolute Gasteiger partial charge is 0.261 e. The number of amides is 2. The van der Waals surface area contributed by atoms with Crippen molar-refractivity contribution < 1.29 is 18.0 Å². The molecule has 2 amide bonds. The van der Waals surface area contributed by atoms with Gasteiger partial charge in [0.2, 0.25) is 11.8 Å². The molecule has 2 aromatic rings. The van der Waals surface area contributed by atoms with Gasteiger partial charge in [-0.25, -0.2) is 8.42 Å². The molecule has 0 unspecified atom stereocenters. The first-order valence-electron chi connectivity index (χ1n) is 9.61. The van der Waals surface area contributed by atoms with Crippen molar-refractivity contribution in [3.8, 4) is 0 Å². The van der Waals surface area contributed by atoms with Crippen LogP contribution < -0.4 is 14.5 Å². The number of rotatable bonds is 7. The molecule has 154 valence electrons. The molecule has 29 heavy (non-hydrogen) atoms. The molecule has 8 heteroatoms. The lowest BCUT2D eigenvalue weighted by molar-refractivity contribution is -0.121. The minimum Gasteiger partial charge on any atom is -0.372 e. The second-order valence-electron chi connectivity index (χ2n) is 6.89. The van der Waals surface area contributed by atoms with Gasteiger partial charge in [0.15, 0.2) is 0 Å². The lowest BCUT2D eigenvalue weighted by Crippen LogP contribution is -2.28. The van der Waals surface area contributed by atoms with Crippen LogP contribution in [0.2, 0.25) is 0 Å². The van der Waals surface area contributed by atoms with Crippen LogP contribution in [0.3, 0.4) is 0 Å². The van der Waals surface area contributed by atoms with Crippen LogP contribution in [0.25, 0.3) is 0 Å². The Bertz CT molecular complexity index is 1010. The first kappa shape index (κ1) is 20.9. The predicted molar refractivity (Wildman–Crippen MR) is 114 cm³/mol. The molecule has 0 bridgehead atoms. The van der Waals surface area contributed by atoms with E-state index in [1.54, 1.807) is 6.07 Å². The summed E-state index contributed by atoms with van der Waals surface area (Å²) in [5.41, 5.74) is 2.76. The fraction of sp³-hybridized carbons (Fsp3) is 0.333. The maximum Gasteiger partial charge on any atom is 0.261 e. The molecule has 1 heterocycles. The van der Waals surface area contributed by atoms with Crippen LogP contribution in [0.15, 0.2) is 47.4 Å². The van der Waals surface area contributed by atoms with E-state index in [9.17, 15) is 18.0 Å². The van der Waals surface area contributed by atoms with Crippen molar-refractivity contribution in [1.82, 2.24) is 0 Å². The summed E-state index contributed by atoms with van der Waals surface area (Å²) in [4.78, 5) is 27.0. The highest BCUT2D eigenvalue weighted by atomic mass is 32.2. The highest BCUT2D eigenvalue weighted by Gasteiger charge is 2.30. The molecule has 3 rings (SSSR count). The van der Waals surface area contributed by atoms with E-state index in [2.05, 4.69) is 23.5 Å². The molecule has 0 atom stereocenters. The average molecular weight is 416 g/mol. The van der Waals surface area contributed by atoms with Gasteiger partial charge < -0.3 is 4.90 Å². The number of imide groups is 1. The van der Waals surface area contributed by atoms with E-state index in [4.69, 9.17) is 0 Å². The van der Waals surface area contributed by atoms with Crippen LogP contribution in [-0.4, -0.2) is 33.3 Å². The summed E-state index contributed by atoms with van der Waals surface area (Å²) >= 11 is 0. The van der Waals surface area contributed by atoms with E-state index < -0.39 is 10.0 Å². The Morgan fingerprint density at radius 3 is 2.07 bits per heavy atom. The van der Waals surface area contributed by atoms with Crippen LogP contribution >= 0.6 is 0 Å². The Kier molecular flexibility index (Phi) is 5.93. The Morgan fingerprint density at radius 2 is 1.55 bits per heavy atom. The highest BCUT2D eigenvalue weighted by molar-refractivity contribution is 7.92. The summed E-state index contributed by atoms with van der Waals surface area (Å²) in [6, 6.07) is 11.4. The van der Waals surface area contributed by atoms with Crippen LogP contribution in [-0.2, 0) is 19.6 Å². The summed E-state index contributed by atoms with van der Waals surface area (Å²) in [7, 11) is -3.80. The monoisotopic (exact) mass is 415 g/mol. The Morgan fingerprint density at radius 1 is 0.966 bits per heavy atom. The van der Waals surface area contributed by atoms with Crippen molar-refractivity contribution in [2.24, 2.45) is 0 Å². The molecular weight excluding hydrogens is 390 g/mol. The predicted octanol–water partition coefficient (Wildman–Crippen LogP) is 3.30. The first-order chi connectivity index (χ1) is 13.8. The topological polar surface area (TPSA) is 86.8 Å². The molecule has 0 spiro atoms. The van der Waals surface area contributed by atoms with Crippen LogP contribution in [0, 0.1) is 6.92 Å².